The lowest BCUT2D eigenvalue weighted by Gasteiger charge is -2.18. The lowest BCUT2D eigenvalue weighted by molar-refractivity contribution is 0.0922. The molecule has 1 fully saturated rings. The molecule has 1 heterocycles. The minimum atomic E-state index is -0.313. The summed E-state index contributed by atoms with van der Waals surface area (Å²) in [6.45, 7) is 0.580. The Morgan fingerprint density at radius 2 is 2.08 bits per heavy atom. The molecule has 2 unspecified atom stereocenters. The number of aromatic nitrogens is 2. The molecule has 2 atom stereocenters. The molecule has 1 amide bonds. The minimum absolute atomic E-state index is 0. The van der Waals surface area contributed by atoms with E-state index in [9.17, 15) is 9.18 Å². The van der Waals surface area contributed by atoms with Gasteiger partial charge in [-0.15, -0.1) is 12.4 Å². The van der Waals surface area contributed by atoms with Crippen molar-refractivity contribution in [2.24, 2.45) is 11.7 Å². The van der Waals surface area contributed by atoms with Gasteiger partial charge >= 0.3 is 0 Å². The van der Waals surface area contributed by atoms with E-state index in [1.807, 2.05) is 0 Å². The molecule has 2 aromatic rings. The molecule has 3 N–H and O–H groups in total. The largest absolute Gasteiger partial charge is 0.348 e. The predicted molar refractivity (Wildman–Crippen MR) is 96.1 cm³/mol. The number of benzene rings is 1. The summed E-state index contributed by atoms with van der Waals surface area (Å²) in [5.74, 6) is -0.202. The van der Waals surface area contributed by atoms with Gasteiger partial charge in [-0.1, -0.05) is 6.42 Å². The summed E-state index contributed by atoms with van der Waals surface area (Å²) in [6.07, 6.45) is 4.77. The van der Waals surface area contributed by atoms with Gasteiger partial charge in [0.1, 0.15) is 5.82 Å². The average molecular weight is 418 g/mol. The third-order valence-corrected chi connectivity index (χ3v) is 4.83. The van der Waals surface area contributed by atoms with Gasteiger partial charge < -0.3 is 11.1 Å². The Labute approximate surface area is 154 Å². The SMILES string of the molecule is Cl.NCC1CCCC1NC(=O)c1nn(-c2ccc(F)cc2)cc1Br. The second kappa shape index (κ2) is 8.09. The molecule has 1 aromatic heterocycles. The fourth-order valence-electron chi connectivity index (χ4n) is 2.98. The van der Waals surface area contributed by atoms with E-state index in [-0.39, 0.29) is 30.2 Å². The first-order chi connectivity index (χ1) is 11.1. The first-order valence-corrected chi connectivity index (χ1v) is 8.40. The summed E-state index contributed by atoms with van der Waals surface area (Å²) >= 11 is 3.37. The van der Waals surface area contributed by atoms with Gasteiger partial charge in [0.05, 0.1) is 10.2 Å². The molecule has 130 valence electrons. The summed E-state index contributed by atoms with van der Waals surface area (Å²) < 4.78 is 15.1. The average Bonchev–Trinajstić information content (AvgIpc) is 3.14. The van der Waals surface area contributed by atoms with E-state index < -0.39 is 0 Å². The molecule has 8 heteroatoms. The molecule has 1 aromatic carbocycles. The van der Waals surface area contributed by atoms with Crippen LogP contribution in [0.5, 0.6) is 0 Å². The molecule has 1 saturated carbocycles. The van der Waals surface area contributed by atoms with Gasteiger partial charge in [0.15, 0.2) is 5.69 Å². The highest BCUT2D eigenvalue weighted by Crippen LogP contribution is 2.25. The highest BCUT2D eigenvalue weighted by molar-refractivity contribution is 9.10. The van der Waals surface area contributed by atoms with Crippen LogP contribution in [-0.4, -0.2) is 28.3 Å². The molecular weight excluding hydrogens is 399 g/mol. The second-order valence-corrected chi connectivity index (χ2v) is 6.61. The molecule has 0 aliphatic heterocycles. The number of amides is 1. The van der Waals surface area contributed by atoms with Crippen molar-refractivity contribution in [1.82, 2.24) is 15.1 Å². The van der Waals surface area contributed by atoms with E-state index in [1.54, 1.807) is 23.0 Å². The van der Waals surface area contributed by atoms with Gasteiger partial charge in [0, 0.05) is 12.2 Å². The topological polar surface area (TPSA) is 72.9 Å². The molecule has 24 heavy (non-hydrogen) atoms. The first-order valence-electron chi connectivity index (χ1n) is 7.60. The summed E-state index contributed by atoms with van der Waals surface area (Å²) in [5.41, 5.74) is 6.75. The number of nitrogens with one attached hydrogen (secondary N) is 1. The van der Waals surface area contributed by atoms with Gasteiger partial charge in [0.25, 0.3) is 5.91 Å². The van der Waals surface area contributed by atoms with Gasteiger partial charge in [-0.3, -0.25) is 4.79 Å². The van der Waals surface area contributed by atoms with Gasteiger partial charge in [0.2, 0.25) is 0 Å². The maximum atomic E-state index is 13.0. The van der Waals surface area contributed by atoms with E-state index in [0.717, 1.165) is 19.3 Å². The van der Waals surface area contributed by atoms with Crippen LogP contribution in [0.2, 0.25) is 0 Å². The minimum Gasteiger partial charge on any atom is -0.348 e. The molecule has 1 aliphatic rings. The third kappa shape index (κ3) is 3.96. The maximum Gasteiger partial charge on any atom is 0.273 e. The van der Waals surface area contributed by atoms with Crippen molar-refractivity contribution in [3.05, 3.63) is 46.4 Å². The van der Waals surface area contributed by atoms with Crippen molar-refractivity contribution in [2.45, 2.75) is 25.3 Å². The Bertz CT molecular complexity index is 707. The van der Waals surface area contributed by atoms with Crippen LogP contribution in [0.15, 0.2) is 34.9 Å². The predicted octanol–water partition coefficient (Wildman–Crippen LogP) is 3.05. The highest BCUT2D eigenvalue weighted by Gasteiger charge is 2.29. The quantitative estimate of drug-likeness (QED) is 0.803. The Morgan fingerprint density at radius 3 is 2.75 bits per heavy atom. The zero-order chi connectivity index (χ0) is 16.4. The van der Waals surface area contributed by atoms with Crippen LogP contribution < -0.4 is 11.1 Å². The van der Waals surface area contributed by atoms with E-state index >= 15 is 0 Å². The van der Waals surface area contributed by atoms with E-state index in [4.69, 9.17) is 5.73 Å². The van der Waals surface area contributed by atoms with Crippen molar-refractivity contribution in [3.63, 3.8) is 0 Å². The zero-order valence-electron chi connectivity index (χ0n) is 12.9. The fourth-order valence-corrected chi connectivity index (χ4v) is 3.43. The van der Waals surface area contributed by atoms with Crippen LogP contribution in [0, 0.1) is 11.7 Å². The Balaban J connectivity index is 0.00000208. The van der Waals surface area contributed by atoms with Crippen molar-refractivity contribution in [1.29, 1.82) is 0 Å². The second-order valence-electron chi connectivity index (χ2n) is 5.75. The Hall–Kier alpha value is -1.44. The normalized spacial score (nSPS) is 19.8. The van der Waals surface area contributed by atoms with Crippen LogP contribution in [0.1, 0.15) is 29.8 Å². The summed E-state index contributed by atoms with van der Waals surface area (Å²) in [4.78, 5) is 12.5. The standard InChI is InChI=1S/C16H18BrFN4O.ClH/c17-13-9-22(12-6-4-11(18)5-7-12)21-15(13)16(23)20-14-3-1-2-10(14)8-19;/h4-7,9-10,14H,1-3,8,19H2,(H,20,23);1H. The van der Waals surface area contributed by atoms with E-state index in [0.29, 0.717) is 28.3 Å². The van der Waals surface area contributed by atoms with E-state index in [1.165, 1.54) is 12.1 Å². The van der Waals surface area contributed by atoms with Crippen LogP contribution >= 0.6 is 28.3 Å². The highest BCUT2D eigenvalue weighted by atomic mass is 79.9. The fraction of sp³-hybridized carbons (Fsp3) is 0.375. The zero-order valence-corrected chi connectivity index (χ0v) is 15.3. The number of nitrogens with zero attached hydrogens (tertiary/aromatic N) is 2. The number of hydrogen-bond donors (Lipinski definition) is 2. The molecule has 0 radical (unpaired) electrons. The van der Waals surface area contributed by atoms with Gasteiger partial charge in [-0.2, -0.15) is 5.10 Å². The van der Waals surface area contributed by atoms with Gasteiger partial charge in [-0.25, -0.2) is 9.07 Å². The van der Waals surface area contributed by atoms with Crippen molar-refractivity contribution in [2.75, 3.05) is 6.54 Å². The summed E-state index contributed by atoms with van der Waals surface area (Å²) in [7, 11) is 0. The van der Waals surface area contributed by atoms with Crippen LogP contribution in [0.3, 0.4) is 0 Å². The maximum absolute atomic E-state index is 13.0. The lowest BCUT2D eigenvalue weighted by atomic mass is 10.0. The molecule has 1 aliphatic carbocycles. The smallest absolute Gasteiger partial charge is 0.273 e. The van der Waals surface area contributed by atoms with Crippen molar-refractivity contribution >= 4 is 34.2 Å². The number of carbonyl (C=O) groups is 1. The van der Waals surface area contributed by atoms with Crippen LogP contribution in [-0.2, 0) is 0 Å². The Kier molecular flexibility index (Phi) is 6.37. The molecular formula is C16H19BrClFN4O. The van der Waals surface area contributed by atoms with Crippen LogP contribution in [0.4, 0.5) is 4.39 Å². The number of hydrogen-bond acceptors (Lipinski definition) is 3. The molecule has 3 rings (SSSR count). The number of halogens is 3. The van der Waals surface area contributed by atoms with Crippen molar-refractivity contribution < 1.29 is 9.18 Å². The van der Waals surface area contributed by atoms with Crippen LogP contribution in [0.25, 0.3) is 5.69 Å². The molecule has 0 spiro atoms. The lowest BCUT2D eigenvalue weighted by Crippen LogP contribution is -2.40. The molecule has 0 bridgehead atoms. The third-order valence-electron chi connectivity index (χ3n) is 4.25. The molecule has 0 saturated heterocycles. The van der Waals surface area contributed by atoms with Crippen molar-refractivity contribution in [3.8, 4) is 5.69 Å². The first kappa shape index (κ1) is 18.9. The monoisotopic (exact) mass is 416 g/mol. The van der Waals surface area contributed by atoms with Gasteiger partial charge in [-0.05, 0) is 65.5 Å². The Morgan fingerprint density at radius 1 is 1.38 bits per heavy atom. The molecule has 5 nitrogen and oxygen atoms in total. The summed E-state index contributed by atoms with van der Waals surface area (Å²) in [6, 6.07) is 6.04. The summed E-state index contributed by atoms with van der Waals surface area (Å²) in [5, 5.41) is 7.33. The number of carbonyl (C=O) groups excluding carboxylic acids is 1. The van der Waals surface area contributed by atoms with E-state index in [2.05, 4.69) is 26.3 Å². The number of rotatable bonds is 4. The number of nitrogens with two attached hydrogens (primary N) is 1.